The number of benzene rings is 2. The van der Waals surface area contributed by atoms with Crippen molar-refractivity contribution in [1.82, 2.24) is 0 Å². The second-order valence-corrected chi connectivity index (χ2v) is 5.87. The van der Waals surface area contributed by atoms with Gasteiger partial charge in [0.15, 0.2) is 0 Å². The molecule has 0 saturated carbocycles. The smallest absolute Gasteiger partial charge is 0.303 e. The average molecular weight is 425 g/mol. The van der Waals surface area contributed by atoms with E-state index in [2.05, 4.69) is 42.2 Å². The molecule has 0 amide bonds. The Morgan fingerprint density at radius 2 is 1.73 bits per heavy atom. The van der Waals surface area contributed by atoms with Gasteiger partial charge in [-0.25, -0.2) is 4.99 Å². The van der Waals surface area contributed by atoms with Gasteiger partial charge in [0.05, 0.1) is 22.5 Å². The number of aliphatic imine (C=N–C) groups is 1. The predicted octanol–water partition coefficient (Wildman–Crippen LogP) is 5.14. The van der Waals surface area contributed by atoms with Crippen molar-refractivity contribution in [2.75, 3.05) is 5.32 Å². The summed E-state index contributed by atoms with van der Waals surface area (Å²) in [6.45, 7) is 0. The molecule has 0 spiro atoms. The molecule has 7 heteroatoms. The van der Waals surface area contributed by atoms with Crippen molar-refractivity contribution in [2.45, 2.75) is 0 Å². The molecule has 0 fully saturated rings. The van der Waals surface area contributed by atoms with Gasteiger partial charge >= 0.3 is 5.70 Å². The van der Waals surface area contributed by atoms with E-state index in [1.165, 1.54) is 12.4 Å². The topological polar surface area (TPSA) is 67.5 Å². The van der Waals surface area contributed by atoms with Crippen LogP contribution in [0.3, 0.4) is 0 Å². The highest BCUT2D eigenvalue weighted by Crippen LogP contribution is 2.24. The number of hydrogen-bond acceptors (Lipinski definition) is 4. The van der Waals surface area contributed by atoms with E-state index in [9.17, 15) is 10.1 Å². The summed E-state index contributed by atoms with van der Waals surface area (Å²) in [6.07, 6.45) is 2.52. The van der Waals surface area contributed by atoms with Gasteiger partial charge in [-0.3, -0.25) is 10.1 Å². The molecule has 2 rings (SSSR count). The van der Waals surface area contributed by atoms with E-state index < -0.39 is 4.92 Å². The quantitative estimate of drug-likeness (QED) is 0.410. The minimum absolute atomic E-state index is 0.147. The van der Waals surface area contributed by atoms with Gasteiger partial charge in [-0.2, -0.15) is 0 Å². The summed E-state index contributed by atoms with van der Waals surface area (Å²) < 4.78 is 1.59. The molecule has 22 heavy (non-hydrogen) atoms. The number of nitrogens with zero attached hydrogens (tertiary/aromatic N) is 2. The van der Waals surface area contributed by atoms with Gasteiger partial charge in [-0.1, -0.05) is 24.3 Å². The molecule has 0 aliphatic heterocycles. The van der Waals surface area contributed by atoms with Crippen LogP contribution >= 0.6 is 31.9 Å². The van der Waals surface area contributed by atoms with E-state index in [0.29, 0.717) is 5.69 Å². The van der Waals surface area contributed by atoms with Gasteiger partial charge in [-0.05, 0) is 56.1 Å². The number of anilines is 1. The van der Waals surface area contributed by atoms with E-state index in [4.69, 9.17) is 0 Å². The minimum Gasteiger partial charge on any atom is -0.355 e. The van der Waals surface area contributed by atoms with Gasteiger partial charge in [0.2, 0.25) is 0 Å². The molecule has 2 aromatic rings. The highest BCUT2D eigenvalue weighted by Gasteiger charge is 2.08. The summed E-state index contributed by atoms with van der Waals surface area (Å²) >= 11 is 6.71. The van der Waals surface area contributed by atoms with Crippen LogP contribution in [-0.4, -0.2) is 11.1 Å². The first-order chi connectivity index (χ1) is 10.6. The Bertz CT molecular complexity index is 745. The van der Waals surface area contributed by atoms with E-state index in [1.807, 2.05) is 42.5 Å². The molecular formula is C15H11Br2N3O2. The molecule has 0 unspecified atom stereocenters. The first kappa shape index (κ1) is 16.4. The molecule has 0 saturated heterocycles. The van der Waals surface area contributed by atoms with Crippen molar-refractivity contribution >= 4 is 49.4 Å². The van der Waals surface area contributed by atoms with Crippen molar-refractivity contribution < 1.29 is 4.92 Å². The van der Waals surface area contributed by atoms with Gasteiger partial charge in [0, 0.05) is 8.95 Å². The highest BCUT2D eigenvalue weighted by molar-refractivity contribution is 9.11. The van der Waals surface area contributed by atoms with Crippen LogP contribution in [0.5, 0.6) is 0 Å². The van der Waals surface area contributed by atoms with Crippen molar-refractivity contribution in [3.8, 4) is 0 Å². The highest BCUT2D eigenvalue weighted by atomic mass is 79.9. The maximum absolute atomic E-state index is 11.1. The molecule has 0 atom stereocenters. The van der Waals surface area contributed by atoms with Gasteiger partial charge in [0.25, 0.3) is 0 Å². The fraction of sp³-hybridized carbons (Fsp3) is 0. The number of nitro groups is 1. The van der Waals surface area contributed by atoms with Crippen LogP contribution in [0.15, 0.2) is 74.4 Å². The van der Waals surface area contributed by atoms with Crippen LogP contribution in [0, 0.1) is 10.1 Å². The molecule has 2 aromatic carbocycles. The molecule has 5 nitrogen and oxygen atoms in total. The van der Waals surface area contributed by atoms with Crippen molar-refractivity contribution in [2.24, 2.45) is 4.99 Å². The molecule has 0 aliphatic rings. The van der Waals surface area contributed by atoms with Gasteiger partial charge in [-0.15, -0.1) is 0 Å². The average Bonchev–Trinajstić information content (AvgIpc) is 2.50. The maximum Gasteiger partial charge on any atom is 0.303 e. The number of rotatable bonds is 5. The first-order valence-corrected chi connectivity index (χ1v) is 7.81. The summed E-state index contributed by atoms with van der Waals surface area (Å²) in [5.74, 6) is 0. The summed E-state index contributed by atoms with van der Waals surface area (Å²) in [4.78, 5) is 14.7. The minimum atomic E-state index is -0.496. The zero-order valence-electron chi connectivity index (χ0n) is 11.2. The second kappa shape index (κ2) is 7.86. The zero-order valence-corrected chi connectivity index (χ0v) is 14.4. The SMILES string of the molecule is O=[N+]([O-])/C(C=Nc1ccccc1Br)=C/Nc1ccccc1Br. The Balaban J connectivity index is 2.20. The summed E-state index contributed by atoms with van der Waals surface area (Å²) in [6, 6.07) is 14.6. The van der Waals surface area contributed by atoms with Crippen molar-refractivity contribution in [3.63, 3.8) is 0 Å². The van der Waals surface area contributed by atoms with Crippen LogP contribution < -0.4 is 5.32 Å². The Hall–Kier alpha value is -1.99. The van der Waals surface area contributed by atoms with E-state index in [-0.39, 0.29) is 5.70 Å². The Morgan fingerprint density at radius 3 is 2.36 bits per heavy atom. The second-order valence-electron chi connectivity index (χ2n) is 4.16. The lowest BCUT2D eigenvalue weighted by Gasteiger charge is -2.02. The third-order valence-corrected chi connectivity index (χ3v) is 4.01. The van der Waals surface area contributed by atoms with E-state index >= 15 is 0 Å². The maximum atomic E-state index is 11.1. The fourth-order valence-electron chi connectivity index (χ4n) is 1.56. The zero-order chi connectivity index (χ0) is 15.9. The largest absolute Gasteiger partial charge is 0.355 e. The van der Waals surface area contributed by atoms with E-state index in [1.54, 1.807) is 6.07 Å². The summed E-state index contributed by atoms with van der Waals surface area (Å²) in [7, 11) is 0. The molecule has 112 valence electrons. The van der Waals surface area contributed by atoms with Crippen molar-refractivity contribution in [3.05, 3.63) is 79.5 Å². The van der Waals surface area contributed by atoms with Crippen molar-refractivity contribution in [1.29, 1.82) is 0 Å². The van der Waals surface area contributed by atoms with Crippen LogP contribution in [0.4, 0.5) is 11.4 Å². The molecule has 1 N–H and O–H groups in total. The third kappa shape index (κ3) is 4.51. The van der Waals surface area contributed by atoms with Crippen LogP contribution in [0.25, 0.3) is 0 Å². The molecule has 0 bridgehead atoms. The molecule has 0 radical (unpaired) electrons. The lowest BCUT2D eigenvalue weighted by atomic mass is 10.3. The standard InChI is InChI=1S/C15H11Br2N3O2/c16-12-5-1-3-7-14(12)18-9-11(20(21)22)10-19-15-8-4-2-6-13(15)17/h1-10,18H/b11-9+,19-10?. The normalized spacial score (nSPS) is 11.6. The van der Waals surface area contributed by atoms with Crippen LogP contribution in [-0.2, 0) is 0 Å². The monoisotopic (exact) mass is 423 g/mol. The molecular weight excluding hydrogens is 414 g/mol. The Morgan fingerprint density at radius 1 is 1.09 bits per heavy atom. The third-order valence-electron chi connectivity index (χ3n) is 2.65. The Labute approximate surface area is 144 Å². The fourth-order valence-corrected chi connectivity index (χ4v) is 2.35. The number of para-hydroxylation sites is 2. The predicted molar refractivity (Wildman–Crippen MR) is 95.1 cm³/mol. The van der Waals surface area contributed by atoms with Gasteiger partial charge < -0.3 is 5.32 Å². The first-order valence-electron chi connectivity index (χ1n) is 6.22. The lowest BCUT2D eigenvalue weighted by molar-refractivity contribution is -0.414. The summed E-state index contributed by atoms with van der Waals surface area (Å²) in [5, 5.41) is 14.0. The Kier molecular flexibility index (Phi) is 5.85. The van der Waals surface area contributed by atoms with Crippen LogP contribution in [0.2, 0.25) is 0 Å². The number of hydrogen-bond donors (Lipinski definition) is 1. The molecule has 0 aliphatic carbocycles. The van der Waals surface area contributed by atoms with E-state index in [0.717, 1.165) is 14.6 Å². The number of allylic oxidation sites excluding steroid dienone is 1. The van der Waals surface area contributed by atoms with Gasteiger partial charge in [0.1, 0.15) is 6.21 Å². The van der Waals surface area contributed by atoms with Crippen LogP contribution in [0.1, 0.15) is 0 Å². The number of nitrogens with one attached hydrogen (secondary N) is 1. The molecule has 0 aromatic heterocycles. The lowest BCUT2D eigenvalue weighted by Crippen LogP contribution is -2.03. The summed E-state index contributed by atoms with van der Waals surface area (Å²) in [5.41, 5.74) is 1.21. The molecule has 0 heterocycles. The number of halogens is 2.